The van der Waals surface area contributed by atoms with Gasteiger partial charge in [0, 0.05) is 11.6 Å². The average molecular weight is 225 g/mol. The summed E-state index contributed by atoms with van der Waals surface area (Å²) in [5, 5.41) is 4.89. The van der Waals surface area contributed by atoms with Crippen LogP contribution in [0.15, 0.2) is 6.07 Å². The van der Waals surface area contributed by atoms with Gasteiger partial charge in [0.2, 0.25) is 0 Å². The molecule has 0 bridgehead atoms. The smallest absolute Gasteiger partial charge is 0.216 e. The topological polar surface area (TPSA) is 43.1 Å². The monoisotopic (exact) mass is 224 g/mol. The van der Waals surface area contributed by atoms with Crippen LogP contribution in [0.4, 0.5) is 0 Å². The molecule has 0 aromatic carbocycles. The van der Waals surface area contributed by atoms with Crippen molar-refractivity contribution in [3.63, 3.8) is 0 Å². The van der Waals surface area contributed by atoms with Gasteiger partial charge in [-0.2, -0.15) is 9.50 Å². The van der Waals surface area contributed by atoms with Crippen molar-refractivity contribution in [1.82, 2.24) is 19.6 Å². The molecule has 0 aliphatic rings. The summed E-state index contributed by atoms with van der Waals surface area (Å²) in [5.74, 6) is 1.72. The van der Waals surface area contributed by atoms with Crippen molar-refractivity contribution in [2.45, 2.75) is 33.1 Å². The largest absolute Gasteiger partial charge is 0.254 e. The lowest BCUT2D eigenvalue weighted by Crippen LogP contribution is -1.96. The highest BCUT2D eigenvalue weighted by molar-refractivity contribution is 6.29. The maximum Gasteiger partial charge on any atom is 0.254 e. The minimum absolute atomic E-state index is 0.336. The van der Waals surface area contributed by atoms with E-state index in [1.807, 2.05) is 6.92 Å². The minimum Gasteiger partial charge on any atom is -0.216 e. The van der Waals surface area contributed by atoms with Gasteiger partial charge >= 0.3 is 0 Å². The van der Waals surface area contributed by atoms with E-state index in [9.17, 15) is 0 Å². The quantitative estimate of drug-likeness (QED) is 0.737. The molecule has 0 fully saturated rings. The van der Waals surface area contributed by atoms with Crippen molar-refractivity contribution in [2.75, 3.05) is 0 Å². The molecule has 0 amide bonds. The van der Waals surface area contributed by atoms with E-state index in [1.54, 1.807) is 10.6 Å². The van der Waals surface area contributed by atoms with E-state index < -0.39 is 0 Å². The Hall–Kier alpha value is -1.16. The zero-order valence-corrected chi connectivity index (χ0v) is 9.78. The Morgan fingerprint density at radius 1 is 1.47 bits per heavy atom. The summed E-state index contributed by atoms with van der Waals surface area (Å²) >= 11 is 6.04. The number of fused-ring (bicyclic) bond motifs is 1. The van der Waals surface area contributed by atoms with E-state index in [1.165, 1.54) is 0 Å². The fourth-order valence-corrected chi connectivity index (χ4v) is 1.62. The molecule has 0 saturated carbocycles. The lowest BCUT2D eigenvalue weighted by molar-refractivity contribution is 0.676. The Labute approximate surface area is 93.3 Å². The predicted octanol–water partition coefficient (Wildman–Crippen LogP) is 2.60. The van der Waals surface area contributed by atoms with Crippen molar-refractivity contribution in [1.29, 1.82) is 0 Å². The number of aryl methyl sites for hydroxylation is 1. The van der Waals surface area contributed by atoms with Crippen LogP contribution in [-0.4, -0.2) is 19.6 Å². The molecule has 80 valence electrons. The Bertz CT molecular complexity index is 491. The van der Waals surface area contributed by atoms with Gasteiger partial charge in [-0.15, -0.1) is 5.10 Å². The summed E-state index contributed by atoms with van der Waals surface area (Å²) in [4.78, 5) is 8.64. The number of nitrogens with zero attached hydrogens (tertiary/aromatic N) is 4. The molecule has 15 heavy (non-hydrogen) atoms. The van der Waals surface area contributed by atoms with Crippen LogP contribution in [0, 0.1) is 6.92 Å². The van der Waals surface area contributed by atoms with Gasteiger partial charge in [-0.1, -0.05) is 25.4 Å². The molecule has 1 atom stereocenters. The number of rotatable bonds is 2. The zero-order chi connectivity index (χ0) is 11.0. The molecule has 2 aromatic heterocycles. The third kappa shape index (κ3) is 1.81. The SMILES string of the molecule is CCC(C)c1nc2nc(C)cc(Cl)n2n1. The summed E-state index contributed by atoms with van der Waals surface area (Å²) in [6.07, 6.45) is 1.01. The first-order valence-electron chi connectivity index (χ1n) is 5.01. The maximum absolute atomic E-state index is 6.04. The Balaban J connectivity index is 2.60. The number of halogens is 1. The van der Waals surface area contributed by atoms with E-state index in [-0.39, 0.29) is 0 Å². The van der Waals surface area contributed by atoms with Crippen LogP contribution in [-0.2, 0) is 0 Å². The number of aromatic nitrogens is 4. The highest BCUT2D eigenvalue weighted by atomic mass is 35.5. The molecule has 5 heteroatoms. The summed E-state index contributed by atoms with van der Waals surface area (Å²) in [7, 11) is 0. The van der Waals surface area contributed by atoms with Crippen LogP contribution in [0.1, 0.15) is 37.7 Å². The van der Waals surface area contributed by atoms with E-state index in [0.29, 0.717) is 16.8 Å². The Morgan fingerprint density at radius 3 is 2.87 bits per heavy atom. The second-order valence-electron chi connectivity index (χ2n) is 3.71. The molecular formula is C10H13ClN4. The highest BCUT2D eigenvalue weighted by Gasteiger charge is 2.12. The van der Waals surface area contributed by atoms with E-state index in [4.69, 9.17) is 11.6 Å². The van der Waals surface area contributed by atoms with Gasteiger partial charge in [0.1, 0.15) is 5.15 Å². The maximum atomic E-state index is 6.04. The number of hydrogen-bond donors (Lipinski definition) is 0. The molecule has 2 aromatic rings. The first kappa shape index (κ1) is 10.4. The van der Waals surface area contributed by atoms with E-state index in [0.717, 1.165) is 17.9 Å². The molecule has 1 unspecified atom stereocenters. The molecular weight excluding hydrogens is 212 g/mol. The Morgan fingerprint density at radius 2 is 2.20 bits per heavy atom. The third-order valence-corrected chi connectivity index (χ3v) is 2.74. The van der Waals surface area contributed by atoms with Crippen LogP contribution < -0.4 is 0 Å². The highest BCUT2D eigenvalue weighted by Crippen LogP contribution is 2.17. The van der Waals surface area contributed by atoms with Gasteiger partial charge in [-0.05, 0) is 19.4 Å². The molecule has 0 saturated heterocycles. The summed E-state index contributed by atoms with van der Waals surface area (Å²) in [5.41, 5.74) is 0.857. The normalized spacial score (nSPS) is 13.3. The summed E-state index contributed by atoms with van der Waals surface area (Å²) in [6.45, 7) is 6.09. The predicted molar refractivity (Wildman–Crippen MR) is 59.2 cm³/mol. The van der Waals surface area contributed by atoms with Crippen LogP contribution in [0.5, 0.6) is 0 Å². The lowest BCUT2D eigenvalue weighted by Gasteiger charge is -1.99. The van der Waals surface area contributed by atoms with Gasteiger partial charge in [-0.25, -0.2) is 4.98 Å². The van der Waals surface area contributed by atoms with Crippen molar-refractivity contribution >= 4 is 17.4 Å². The first-order valence-corrected chi connectivity index (χ1v) is 5.39. The van der Waals surface area contributed by atoms with E-state index in [2.05, 4.69) is 28.9 Å². The number of hydrogen-bond acceptors (Lipinski definition) is 3. The van der Waals surface area contributed by atoms with Gasteiger partial charge in [0.05, 0.1) is 0 Å². The zero-order valence-electron chi connectivity index (χ0n) is 9.03. The first-order chi connectivity index (χ1) is 7.11. The molecule has 0 N–H and O–H groups in total. The van der Waals surface area contributed by atoms with Gasteiger partial charge in [0.15, 0.2) is 5.82 Å². The molecule has 2 heterocycles. The second-order valence-corrected chi connectivity index (χ2v) is 4.10. The summed E-state index contributed by atoms with van der Waals surface area (Å²) in [6, 6.07) is 1.78. The molecule has 0 spiro atoms. The molecule has 0 aliphatic heterocycles. The van der Waals surface area contributed by atoms with Crippen LogP contribution in [0.2, 0.25) is 5.15 Å². The minimum atomic E-state index is 0.336. The van der Waals surface area contributed by atoms with Crippen LogP contribution in [0.3, 0.4) is 0 Å². The third-order valence-electron chi connectivity index (χ3n) is 2.47. The van der Waals surface area contributed by atoms with Gasteiger partial charge in [0.25, 0.3) is 5.78 Å². The molecule has 0 aliphatic carbocycles. The fourth-order valence-electron chi connectivity index (χ4n) is 1.35. The molecule has 0 radical (unpaired) electrons. The van der Waals surface area contributed by atoms with Gasteiger partial charge < -0.3 is 0 Å². The van der Waals surface area contributed by atoms with E-state index >= 15 is 0 Å². The lowest BCUT2D eigenvalue weighted by atomic mass is 10.1. The standard InChI is InChI=1S/C10H13ClN4/c1-4-6(2)9-13-10-12-7(3)5-8(11)15(10)14-9/h5-6H,4H2,1-3H3. The Kier molecular flexibility index (Phi) is 2.61. The molecule has 4 nitrogen and oxygen atoms in total. The average Bonchev–Trinajstić information content (AvgIpc) is 2.60. The van der Waals surface area contributed by atoms with Gasteiger partial charge in [-0.3, -0.25) is 0 Å². The van der Waals surface area contributed by atoms with Crippen LogP contribution >= 0.6 is 11.6 Å². The van der Waals surface area contributed by atoms with Crippen molar-refractivity contribution in [3.05, 3.63) is 22.7 Å². The fraction of sp³-hybridized carbons (Fsp3) is 0.500. The van der Waals surface area contributed by atoms with Crippen molar-refractivity contribution in [3.8, 4) is 0 Å². The second kappa shape index (κ2) is 3.77. The molecule has 2 rings (SSSR count). The van der Waals surface area contributed by atoms with Crippen molar-refractivity contribution < 1.29 is 0 Å². The van der Waals surface area contributed by atoms with Crippen LogP contribution in [0.25, 0.3) is 5.78 Å². The summed E-state index contributed by atoms with van der Waals surface area (Å²) < 4.78 is 1.58. The van der Waals surface area contributed by atoms with Crippen molar-refractivity contribution in [2.24, 2.45) is 0 Å².